The molecule has 2 aliphatic rings. The van der Waals surface area contributed by atoms with Gasteiger partial charge >= 0.3 is 6.09 Å². The van der Waals surface area contributed by atoms with Gasteiger partial charge in [0.1, 0.15) is 6.04 Å². The lowest BCUT2D eigenvalue weighted by Gasteiger charge is -2.35. The maximum absolute atomic E-state index is 13.2. The standard InChI is InChI=1S/C21H22ClN3O5S/c1-30-21(27)23-31(28,29)17-7-5-16(6-8-17)24-12-10-19(20(24)26)25-11-2-3-14-13-15(22)4-9-18(14)25/h4-9,13,19H,2-3,10-12H2,1H3,(H,23,27)/t19-/m0/s1. The Hall–Kier alpha value is -2.78. The Labute approximate surface area is 185 Å². The van der Waals surface area contributed by atoms with Crippen molar-refractivity contribution >= 4 is 45.0 Å². The zero-order chi connectivity index (χ0) is 22.2. The molecule has 1 fully saturated rings. The molecule has 2 aromatic rings. The first-order valence-corrected chi connectivity index (χ1v) is 11.7. The van der Waals surface area contributed by atoms with Gasteiger partial charge in [-0.1, -0.05) is 11.6 Å². The topological polar surface area (TPSA) is 96.0 Å². The van der Waals surface area contributed by atoms with Gasteiger partial charge in [0.25, 0.3) is 10.0 Å². The van der Waals surface area contributed by atoms with Gasteiger partial charge in [-0.3, -0.25) is 4.79 Å². The molecule has 4 rings (SSSR count). The lowest BCUT2D eigenvalue weighted by Crippen LogP contribution is -2.44. The summed E-state index contributed by atoms with van der Waals surface area (Å²) in [6.07, 6.45) is 1.50. The minimum absolute atomic E-state index is 0.0221. The Kier molecular flexibility index (Phi) is 5.81. The van der Waals surface area contributed by atoms with E-state index in [1.165, 1.54) is 12.1 Å². The average Bonchev–Trinajstić information content (AvgIpc) is 3.13. The van der Waals surface area contributed by atoms with Crippen LogP contribution in [-0.2, 0) is 26.0 Å². The van der Waals surface area contributed by atoms with Gasteiger partial charge in [-0.15, -0.1) is 0 Å². The monoisotopic (exact) mass is 463 g/mol. The highest BCUT2D eigenvalue weighted by Gasteiger charge is 2.38. The zero-order valence-corrected chi connectivity index (χ0v) is 18.4. The van der Waals surface area contributed by atoms with E-state index in [0.29, 0.717) is 23.7 Å². The number of fused-ring (bicyclic) bond motifs is 1. The molecule has 0 radical (unpaired) electrons. The van der Waals surface area contributed by atoms with Gasteiger partial charge in [-0.25, -0.2) is 17.9 Å². The molecule has 2 aliphatic heterocycles. The molecule has 1 atom stereocenters. The molecule has 1 saturated heterocycles. The summed E-state index contributed by atoms with van der Waals surface area (Å²) < 4.78 is 30.5. The summed E-state index contributed by atoms with van der Waals surface area (Å²) >= 11 is 6.13. The fraction of sp³-hybridized carbons (Fsp3) is 0.333. The van der Waals surface area contributed by atoms with Crippen molar-refractivity contribution in [3.05, 3.63) is 53.1 Å². The lowest BCUT2D eigenvalue weighted by atomic mass is 9.99. The van der Waals surface area contributed by atoms with Gasteiger partial charge in [-0.2, -0.15) is 0 Å². The second-order valence-electron chi connectivity index (χ2n) is 7.46. The first kappa shape index (κ1) is 21.5. The first-order chi connectivity index (χ1) is 14.8. The van der Waals surface area contributed by atoms with E-state index in [1.807, 2.05) is 18.2 Å². The number of rotatable bonds is 4. The van der Waals surface area contributed by atoms with E-state index in [2.05, 4.69) is 9.64 Å². The van der Waals surface area contributed by atoms with E-state index in [4.69, 9.17) is 11.6 Å². The summed E-state index contributed by atoms with van der Waals surface area (Å²) in [7, 11) is -2.96. The fourth-order valence-electron chi connectivity index (χ4n) is 4.14. The second-order valence-corrected chi connectivity index (χ2v) is 9.57. The van der Waals surface area contributed by atoms with Crippen molar-refractivity contribution < 1.29 is 22.7 Å². The summed E-state index contributed by atoms with van der Waals surface area (Å²) in [5.41, 5.74) is 2.81. The predicted octanol–water partition coefficient (Wildman–Crippen LogP) is 2.94. The minimum Gasteiger partial charge on any atom is -0.452 e. The largest absolute Gasteiger partial charge is 0.452 e. The third-order valence-corrected chi connectivity index (χ3v) is 7.17. The van der Waals surface area contributed by atoms with Crippen molar-refractivity contribution in [2.75, 3.05) is 30.0 Å². The van der Waals surface area contributed by atoms with E-state index in [9.17, 15) is 18.0 Å². The van der Waals surface area contributed by atoms with Crippen molar-refractivity contribution in [3.63, 3.8) is 0 Å². The van der Waals surface area contributed by atoms with Crippen molar-refractivity contribution in [1.29, 1.82) is 0 Å². The molecule has 10 heteroatoms. The number of sulfonamides is 1. The summed E-state index contributed by atoms with van der Waals surface area (Å²) in [5.74, 6) is -0.0221. The van der Waals surface area contributed by atoms with E-state index < -0.39 is 16.1 Å². The number of nitrogens with zero attached hydrogens (tertiary/aromatic N) is 2. The van der Waals surface area contributed by atoms with Gasteiger partial charge < -0.3 is 14.5 Å². The number of methoxy groups -OCH3 is 1. The molecule has 164 valence electrons. The quantitative estimate of drug-likeness (QED) is 0.748. The van der Waals surface area contributed by atoms with Gasteiger partial charge in [-0.05, 0) is 67.3 Å². The number of benzene rings is 2. The number of nitrogens with one attached hydrogen (secondary N) is 1. The highest BCUT2D eigenvalue weighted by atomic mass is 35.5. The maximum Gasteiger partial charge on any atom is 0.420 e. The van der Waals surface area contributed by atoms with E-state index in [-0.39, 0.29) is 16.8 Å². The summed E-state index contributed by atoms with van der Waals surface area (Å²) in [6.45, 7) is 1.34. The van der Waals surface area contributed by atoms with Gasteiger partial charge in [0.05, 0.1) is 12.0 Å². The second kappa shape index (κ2) is 8.39. The van der Waals surface area contributed by atoms with Crippen LogP contribution in [0, 0.1) is 0 Å². The predicted molar refractivity (Wildman–Crippen MR) is 117 cm³/mol. The van der Waals surface area contributed by atoms with Crippen molar-refractivity contribution in [3.8, 4) is 0 Å². The van der Waals surface area contributed by atoms with Gasteiger partial charge in [0.15, 0.2) is 0 Å². The molecule has 0 aliphatic carbocycles. The van der Waals surface area contributed by atoms with Crippen LogP contribution in [0.3, 0.4) is 0 Å². The average molecular weight is 464 g/mol. The molecule has 8 nitrogen and oxygen atoms in total. The van der Waals surface area contributed by atoms with Crippen LogP contribution >= 0.6 is 11.6 Å². The first-order valence-electron chi connectivity index (χ1n) is 9.87. The van der Waals surface area contributed by atoms with E-state index in [1.54, 1.807) is 21.8 Å². The Morgan fingerprint density at radius 2 is 1.90 bits per heavy atom. The van der Waals surface area contributed by atoms with Crippen LogP contribution in [0.25, 0.3) is 0 Å². The number of carbonyl (C=O) groups is 2. The molecule has 0 spiro atoms. The molecule has 2 amide bonds. The molecule has 31 heavy (non-hydrogen) atoms. The molecular formula is C21H22ClN3O5S. The van der Waals surface area contributed by atoms with Crippen molar-refractivity contribution in [2.45, 2.75) is 30.2 Å². The number of anilines is 2. The third-order valence-electron chi connectivity index (χ3n) is 5.61. The highest BCUT2D eigenvalue weighted by Crippen LogP contribution is 2.34. The van der Waals surface area contributed by atoms with Crippen LogP contribution in [0.4, 0.5) is 16.2 Å². The summed E-state index contributed by atoms with van der Waals surface area (Å²) in [6, 6.07) is 11.4. The van der Waals surface area contributed by atoms with Crippen molar-refractivity contribution in [1.82, 2.24) is 4.72 Å². The number of hydrogen-bond donors (Lipinski definition) is 1. The number of ether oxygens (including phenoxy) is 1. The molecular weight excluding hydrogens is 442 g/mol. The molecule has 0 bridgehead atoms. The smallest absolute Gasteiger partial charge is 0.420 e. The molecule has 0 aromatic heterocycles. The van der Waals surface area contributed by atoms with Crippen LogP contribution in [0.2, 0.25) is 5.02 Å². The van der Waals surface area contributed by atoms with Crippen LogP contribution in [0.1, 0.15) is 18.4 Å². The maximum atomic E-state index is 13.2. The molecule has 0 saturated carbocycles. The van der Waals surface area contributed by atoms with E-state index >= 15 is 0 Å². The van der Waals surface area contributed by atoms with Crippen LogP contribution < -0.4 is 14.5 Å². The Morgan fingerprint density at radius 1 is 1.16 bits per heavy atom. The third kappa shape index (κ3) is 4.20. The number of halogens is 1. The highest BCUT2D eigenvalue weighted by molar-refractivity contribution is 7.90. The SMILES string of the molecule is COC(=O)NS(=O)(=O)c1ccc(N2CC[C@H](N3CCCc4cc(Cl)ccc43)C2=O)cc1. The minimum atomic E-state index is -4.04. The van der Waals surface area contributed by atoms with Crippen LogP contribution in [0.15, 0.2) is 47.4 Å². The number of carbonyl (C=O) groups excluding carboxylic acids is 2. The Bertz CT molecular complexity index is 1120. The van der Waals surface area contributed by atoms with Gasteiger partial charge in [0, 0.05) is 29.5 Å². The Balaban J connectivity index is 1.52. The molecule has 0 unspecified atom stereocenters. The van der Waals surface area contributed by atoms with Crippen LogP contribution in [0.5, 0.6) is 0 Å². The zero-order valence-electron chi connectivity index (χ0n) is 16.9. The fourth-order valence-corrected chi connectivity index (χ4v) is 5.25. The molecule has 2 heterocycles. The van der Waals surface area contributed by atoms with E-state index in [0.717, 1.165) is 37.7 Å². The molecule has 2 aromatic carbocycles. The number of aryl methyl sites for hydroxylation is 1. The normalized spacial score (nSPS) is 18.6. The summed E-state index contributed by atoms with van der Waals surface area (Å²) in [5, 5.41) is 0.691. The van der Waals surface area contributed by atoms with Gasteiger partial charge in [0.2, 0.25) is 5.91 Å². The van der Waals surface area contributed by atoms with Crippen LogP contribution in [-0.4, -0.2) is 46.7 Å². The Morgan fingerprint density at radius 3 is 2.61 bits per heavy atom. The van der Waals surface area contributed by atoms with Crippen molar-refractivity contribution in [2.24, 2.45) is 0 Å². The lowest BCUT2D eigenvalue weighted by molar-refractivity contribution is -0.118. The number of hydrogen-bond acceptors (Lipinski definition) is 6. The number of amides is 2. The molecule has 1 N–H and O–H groups in total. The summed E-state index contributed by atoms with van der Waals surface area (Å²) in [4.78, 5) is 28.2.